The molecule has 0 heterocycles. The normalized spacial score (nSPS) is 11.1. The van der Waals surface area contributed by atoms with Gasteiger partial charge in [0.1, 0.15) is 5.82 Å². The maximum atomic E-state index is 13.6. The van der Waals surface area contributed by atoms with Crippen molar-refractivity contribution < 1.29 is 9.18 Å². The Hall–Kier alpha value is -1.74. The summed E-state index contributed by atoms with van der Waals surface area (Å²) >= 11 is 0. The molecule has 17 heavy (non-hydrogen) atoms. The van der Waals surface area contributed by atoms with E-state index in [9.17, 15) is 9.18 Å². The minimum absolute atomic E-state index is 0.00574. The van der Waals surface area contributed by atoms with Gasteiger partial charge in [-0.05, 0) is 31.6 Å². The fourth-order valence-corrected chi connectivity index (χ4v) is 1.88. The Labute approximate surface area is 99.7 Å². The van der Waals surface area contributed by atoms with Gasteiger partial charge in [-0.3, -0.25) is 4.79 Å². The van der Waals surface area contributed by atoms with E-state index in [1.807, 2.05) is 20.2 Å². The summed E-state index contributed by atoms with van der Waals surface area (Å²) < 4.78 is 13.6. The molecule has 0 saturated heterocycles. The van der Waals surface area contributed by atoms with Crippen LogP contribution >= 0.6 is 0 Å². The highest BCUT2D eigenvalue weighted by atomic mass is 19.1. The van der Waals surface area contributed by atoms with Crippen molar-refractivity contribution in [3.8, 4) is 0 Å². The minimum Gasteiger partial charge on any atom is -0.302 e. The van der Waals surface area contributed by atoms with E-state index in [-0.39, 0.29) is 11.6 Å². The van der Waals surface area contributed by atoms with Crippen LogP contribution in [0.3, 0.4) is 0 Å². The lowest BCUT2D eigenvalue weighted by Crippen LogP contribution is -2.21. The molecule has 0 aliphatic carbocycles. The van der Waals surface area contributed by atoms with E-state index in [0.717, 1.165) is 0 Å². The molecule has 0 radical (unpaired) electrons. The van der Waals surface area contributed by atoms with Crippen LogP contribution in [-0.2, 0) is 0 Å². The largest absolute Gasteiger partial charge is 0.302 e. The van der Waals surface area contributed by atoms with Gasteiger partial charge < -0.3 is 4.90 Å². The van der Waals surface area contributed by atoms with E-state index in [2.05, 4.69) is 0 Å². The van der Waals surface area contributed by atoms with E-state index in [1.54, 1.807) is 29.2 Å². The van der Waals surface area contributed by atoms with E-state index >= 15 is 0 Å². The Morgan fingerprint density at radius 3 is 2.41 bits per heavy atom. The van der Waals surface area contributed by atoms with Crippen molar-refractivity contribution in [2.45, 2.75) is 0 Å². The number of nitrogens with zero attached hydrogens (tertiary/aromatic N) is 1. The molecular weight excluding hydrogens is 217 g/mol. The molecule has 2 aromatic carbocycles. The van der Waals surface area contributed by atoms with Gasteiger partial charge in [0, 0.05) is 10.9 Å². The monoisotopic (exact) mass is 231 g/mol. The average Bonchev–Trinajstić information content (AvgIpc) is 2.29. The first kappa shape index (κ1) is 11.7. The van der Waals surface area contributed by atoms with Crippen LogP contribution in [-0.4, -0.2) is 31.3 Å². The SMILES string of the molecule is CN(C)CC(=O)c1ccc(F)c2ccccc12. The van der Waals surface area contributed by atoms with Crippen LogP contribution < -0.4 is 0 Å². The van der Waals surface area contributed by atoms with E-state index in [4.69, 9.17) is 0 Å². The number of fused-ring (bicyclic) bond motifs is 1. The first-order valence-electron chi connectivity index (χ1n) is 5.45. The van der Waals surface area contributed by atoms with Crippen molar-refractivity contribution in [2.75, 3.05) is 20.6 Å². The van der Waals surface area contributed by atoms with Gasteiger partial charge in [-0.2, -0.15) is 0 Å². The smallest absolute Gasteiger partial charge is 0.177 e. The minimum atomic E-state index is -0.290. The number of carbonyl (C=O) groups excluding carboxylic acids is 1. The van der Waals surface area contributed by atoms with Crippen LogP contribution in [0, 0.1) is 5.82 Å². The third-order valence-electron chi connectivity index (χ3n) is 2.63. The van der Waals surface area contributed by atoms with Gasteiger partial charge in [0.05, 0.1) is 6.54 Å². The zero-order valence-electron chi connectivity index (χ0n) is 9.90. The molecule has 88 valence electrons. The number of hydrogen-bond acceptors (Lipinski definition) is 2. The van der Waals surface area contributed by atoms with Crippen molar-refractivity contribution in [1.29, 1.82) is 0 Å². The summed E-state index contributed by atoms with van der Waals surface area (Å²) in [6.45, 7) is 0.329. The Morgan fingerprint density at radius 1 is 1.12 bits per heavy atom. The lowest BCUT2D eigenvalue weighted by atomic mass is 10.0. The number of hydrogen-bond donors (Lipinski definition) is 0. The molecule has 0 aromatic heterocycles. The van der Waals surface area contributed by atoms with Crippen molar-refractivity contribution in [3.63, 3.8) is 0 Å². The standard InChI is InChI=1S/C14H14FNO/c1-16(2)9-14(17)12-7-8-13(15)11-6-4-3-5-10(11)12/h3-8H,9H2,1-2H3. The van der Waals surface area contributed by atoms with Gasteiger partial charge >= 0.3 is 0 Å². The highest BCUT2D eigenvalue weighted by Gasteiger charge is 2.12. The van der Waals surface area contributed by atoms with Crippen LogP contribution in [0.1, 0.15) is 10.4 Å². The molecule has 0 amide bonds. The topological polar surface area (TPSA) is 20.3 Å². The van der Waals surface area contributed by atoms with Crippen LogP contribution in [0.2, 0.25) is 0 Å². The van der Waals surface area contributed by atoms with Gasteiger partial charge in [-0.25, -0.2) is 4.39 Å². The number of rotatable bonds is 3. The second kappa shape index (κ2) is 4.63. The molecule has 0 N–H and O–H groups in total. The molecule has 0 aliphatic heterocycles. The Morgan fingerprint density at radius 2 is 1.76 bits per heavy atom. The summed E-state index contributed by atoms with van der Waals surface area (Å²) in [4.78, 5) is 13.8. The Bertz CT molecular complexity index is 563. The molecule has 0 aliphatic rings. The van der Waals surface area contributed by atoms with Crippen LogP contribution in [0.15, 0.2) is 36.4 Å². The van der Waals surface area contributed by atoms with Crippen molar-refractivity contribution in [2.24, 2.45) is 0 Å². The molecule has 0 saturated carbocycles. The van der Waals surface area contributed by atoms with Gasteiger partial charge in [0.25, 0.3) is 0 Å². The van der Waals surface area contributed by atoms with Crippen LogP contribution in [0.25, 0.3) is 10.8 Å². The summed E-state index contributed by atoms with van der Waals surface area (Å²) in [6, 6.07) is 9.97. The molecule has 3 heteroatoms. The Balaban J connectivity index is 2.55. The van der Waals surface area contributed by atoms with Crippen LogP contribution in [0.4, 0.5) is 4.39 Å². The van der Waals surface area contributed by atoms with Crippen molar-refractivity contribution in [1.82, 2.24) is 4.90 Å². The summed E-state index contributed by atoms with van der Waals surface area (Å²) in [5, 5.41) is 1.18. The number of ketones is 1. The van der Waals surface area contributed by atoms with E-state index in [0.29, 0.717) is 22.9 Å². The van der Waals surface area contributed by atoms with Gasteiger partial charge in [-0.15, -0.1) is 0 Å². The summed E-state index contributed by atoms with van der Waals surface area (Å²) in [7, 11) is 3.67. The third kappa shape index (κ3) is 2.34. The van der Waals surface area contributed by atoms with Crippen molar-refractivity contribution in [3.05, 3.63) is 47.8 Å². The molecule has 0 spiro atoms. The first-order valence-corrected chi connectivity index (χ1v) is 5.45. The van der Waals surface area contributed by atoms with E-state index in [1.165, 1.54) is 6.07 Å². The first-order chi connectivity index (χ1) is 8.09. The maximum absolute atomic E-state index is 13.6. The van der Waals surface area contributed by atoms with Gasteiger partial charge in [-0.1, -0.05) is 24.3 Å². The summed E-state index contributed by atoms with van der Waals surface area (Å²) in [5.74, 6) is -0.284. The summed E-state index contributed by atoms with van der Waals surface area (Å²) in [5.41, 5.74) is 0.579. The second-order valence-electron chi connectivity index (χ2n) is 4.30. The molecule has 0 unspecified atom stereocenters. The molecular formula is C14H14FNO. The highest BCUT2D eigenvalue weighted by molar-refractivity contribution is 6.09. The Kier molecular flexibility index (Phi) is 3.20. The zero-order chi connectivity index (χ0) is 12.4. The maximum Gasteiger partial charge on any atom is 0.177 e. The fraction of sp³-hybridized carbons (Fsp3) is 0.214. The zero-order valence-corrected chi connectivity index (χ0v) is 9.90. The average molecular weight is 231 g/mol. The lowest BCUT2D eigenvalue weighted by Gasteiger charge is -2.10. The van der Waals surface area contributed by atoms with Gasteiger partial charge in [0.15, 0.2) is 5.78 Å². The van der Waals surface area contributed by atoms with Crippen LogP contribution in [0.5, 0.6) is 0 Å². The second-order valence-corrected chi connectivity index (χ2v) is 4.30. The molecule has 2 rings (SSSR count). The number of benzene rings is 2. The fourth-order valence-electron chi connectivity index (χ4n) is 1.88. The molecule has 2 aromatic rings. The number of carbonyl (C=O) groups is 1. The highest BCUT2D eigenvalue weighted by Crippen LogP contribution is 2.22. The molecule has 0 bridgehead atoms. The van der Waals surface area contributed by atoms with Crippen molar-refractivity contribution >= 4 is 16.6 Å². The molecule has 2 nitrogen and oxygen atoms in total. The number of halogens is 1. The predicted molar refractivity (Wildman–Crippen MR) is 66.8 cm³/mol. The third-order valence-corrected chi connectivity index (χ3v) is 2.63. The lowest BCUT2D eigenvalue weighted by molar-refractivity contribution is 0.0959. The number of Topliss-reactive ketones (excluding diaryl/α,β-unsaturated/α-hetero) is 1. The molecule has 0 fully saturated rings. The quantitative estimate of drug-likeness (QED) is 0.757. The predicted octanol–water partition coefficient (Wildman–Crippen LogP) is 2.72. The van der Waals surface area contributed by atoms with Gasteiger partial charge in [0.2, 0.25) is 0 Å². The number of likely N-dealkylation sites (N-methyl/N-ethyl adjacent to an activating group) is 1. The summed E-state index contributed by atoms with van der Waals surface area (Å²) in [6.07, 6.45) is 0. The molecule has 0 atom stereocenters. The van der Waals surface area contributed by atoms with E-state index < -0.39 is 0 Å².